The smallest absolute Gasteiger partial charge is 0.163 e. The molecule has 0 amide bonds. The van der Waals surface area contributed by atoms with Crippen LogP contribution in [0.4, 0.5) is 5.69 Å². The van der Waals surface area contributed by atoms with Gasteiger partial charge < -0.3 is 4.42 Å². The van der Waals surface area contributed by atoms with Crippen molar-refractivity contribution >= 4 is 54.8 Å². The Kier molecular flexibility index (Phi) is 6.19. The van der Waals surface area contributed by atoms with E-state index in [4.69, 9.17) is 4.42 Å². The van der Waals surface area contributed by atoms with Gasteiger partial charge in [-0.15, -0.1) is 0 Å². The Labute approximate surface area is 181 Å². The highest BCUT2D eigenvalue weighted by atomic mass is 79.9. The average molecular weight is 501 g/mol. The second-order valence-electron chi connectivity index (χ2n) is 6.63. The maximum atomic E-state index is 11.9. The van der Waals surface area contributed by atoms with Crippen molar-refractivity contribution < 1.29 is 9.21 Å². The summed E-state index contributed by atoms with van der Waals surface area (Å²) in [6.45, 7) is 7.36. The fourth-order valence-corrected chi connectivity index (χ4v) is 3.98. The standard InChI is InChI=1S/C23H19Br2NO2/c1-13-9-19(25)10-14(2)23(13)26-12-21(17-5-7-18(24)8-6-17)22-11-20(15(3)27)16(4)28-22/h5-11H,1-4H3. The zero-order chi connectivity index (χ0) is 20.4. The number of hydrogen-bond acceptors (Lipinski definition) is 3. The van der Waals surface area contributed by atoms with E-state index in [9.17, 15) is 4.79 Å². The molecule has 0 spiro atoms. The summed E-state index contributed by atoms with van der Waals surface area (Å²) in [5.41, 5.74) is 5.15. The average Bonchev–Trinajstić information content (AvgIpc) is 3.00. The lowest BCUT2D eigenvalue weighted by atomic mass is 10.0. The molecular formula is C23H19Br2NO2. The van der Waals surface area contributed by atoms with E-state index < -0.39 is 0 Å². The van der Waals surface area contributed by atoms with Crippen molar-refractivity contribution in [3.8, 4) is 0 Å². The second kappa shape index (κ2) is 8.44. The molecule has 0 saturated heterocycles. The van der Waals surface area contributed by atoms with E-state index >= 15 is 0 Å². The van der Waals surface area contributed by atoms with Crippen molar-refractivity contribution in [3.05, 3.63) is 85.2 Å². The lowest BCUT2D eigenvalue weighted by Crippen LogP contribution is -1.91. The van der Waals surface area contributed by atoms with Gasteiger partial charge in [0.2, 0.25) is 0 Å². The summed E-state index contributed by atoms with van der Waals surface area (Å²) in [4.78, 5) is 16.5. The Morgan fingerprint density at radius 2 is 1.57 bits per heavy atom. The van der Waals surface area contributed by atoms with E-state index in [-0.39, 0.29) is 5.78 Å². The molecule has 0 aliphatic heterocycles. The quantitative estimate of drug-likeness (QED) is 0.277. The molecule has 5 heteroatoms. The summed E-state index contributed by atoms with van der Waals surface area (Å²) >= 11 is 6.97. The van der Waals surface area contributed by atoms with Crippen molar-refractivity contribution in [2.45, 2.75) is 27.7 Å². The third-order valence-corrected chi connectivity index (χ3v) is 5.40. The van der Waals surface area contributed by atoms with Crippen molar-refractivity contribution in [3.63, 3.8) is 0 Å². The van der Waals surface area contributed by atoms with Gasteiger partial charge in [0.15, 0.2) is 5.78 Å². The van der Waals surface area contributed by atoms with Crippen LogP contribution < -0.4 is 0 Å². The maximum Gasteiger partial charge on any atom is 0.163 e. The maximum absolute atomic E-state index is 11.9. The summed E-state index contributed by atoms with van der Waals surface area (Å²) in [5, 5.41) is 0. The van der Waals surface area contributed by atoms with Crippen LogP contribution in [-0.4, -0.2) is 11.7 Å². The lowest BCUT2D eigenvalue weighted by molar-refractivity contribution is 0.101. The minimum Gasteiger partial charge on any atom is -0.460 e. The summed E-state index contributed by atoms with van der Waals surface area (Å²) in [7, 11) is 0. The Bertz CT molecular complexity index is 1090. The number of furan rings is 1. The Morgan fingerprint density at radius 1 is 0.964 bits per heavy atom. The summed E-state index contributed by atoms with van der Waals surface area (Å²) in [6.07, 6.45) is 0. The van der Waals surface area contributed by atoms with Gasteiger partial charge in [-0.2, -0.15) is 0 Å². The molecule has 0 N–H and O–H groups in total. The Balaban J connectivity index is 2.22. The van der Waals surface area contributed by atoms with E-state index in [0.29, 0.717) is 22.7 Å². The van der Waals surface area contributed by atoms with Gasteiger partial charge in [0.25, 0.3) is 0 Å². The van der Waals surface area contributed by atoms with Gasteiger partial charge in [-0.1, -0.05) is 44.0 Å². The number of aliphatic imine (C=N–C) groups is 1. The molecule has 0 aliphatic carbocycles. The molecule has 0 radical (unpaired) electrons. The molecule has 0 aliphatic rings. The number of hydrogen-bond donors (Lipinski definition) is 0. The van der Waals surface area contributed by atoms with Crippen LogP contribution in [0.5, 0.6) is 0 Å². The van der Waals surface area contributed by atoms with Crippen LogP contribution in [0.1, 0.15) is 45.5 Å². The van der Waals surface area contributed by atoms with E-state index in [1.807, 2.05) is 50.2 Å². The SMILES string of the molecule is CC(=O)c1cc(C(=C=Nc2c(C)cc(Br)cc2C)c2ccc(Br)cc2)oc1C. The highest BCUT2D eigenvalue weighted by Crippen LogP contribution is 2.30. The highest BCUT2D eigenvalue weighted by molar-refractivity contribution is 9.10. The minimum absolute atomic E-state index is 0.0285. The van der Waals surface area contributed by atoms with E-state index in [0.717, 1.165) is 31.3 Å². The summed E-state index contributed by atoms with van der Waals surface area (Å²) < 4.78 is 7.89. The second-order valence-corrected chi connectivity index (χ2v) is 8.46. The van der Waals surface area contributed by atoms with Crippen LogP contribution in [0, 0.1) is 20.8 Å². The molecule has 3 nitrogen and oxygen atoms in total. The molecule has 3 rings (SSSR count). The number of carbonyl (C=O) groups excluding carboxylic acids is 1. The minimum atomic E-state index is -0.0285. The monoisotopic (exact) mass is 499 g/mol. The van der Waals surface area contributed by atoms with Gasteiger partial charge in [0.05, 0.1) is 16.8 Å². The van der Waals surface area contributed by atoms with Gasteiger partial charge in [0.1, 0.15) is 11.5 Å². The molecule has 1 heterocycles. The number of Topliss-reactive ketones (excluding diaryl/α,β-unsaturated/α-hetero) is 1. The number of ketones is 1. The molecule has 142 valence electrons. The first-order chi connectivity index (χ1) is 13.3. The summed E-state index contributed by atoms with van der Waals surface area (Å²) in [5.74, 6) is 4.31. The topological polar surface area (TPSA) is 42.6 Å². The van der Waals surface area contributed by atoms with Crippen molar-refractivity contribution in [2.24, 2.45) is 4.99 Å². The lowest BCUT2D eigenvalue weighted by Gasteiger charge is -2.05. The van der Waals surface area contributed by atoms with Crippen LogP contribution in [-0.2, 0) is 0 Å². The molecule has 3 aromatic rings. The van der Waals surface area contributed by atoms with Gasteiger partial charge in [-0.05, 0) is 80.6 Å². The molecule has 0 bridgehead atoms. The van der Waals surface area contributed by atoms with E-state index in [2.05, 4.69) is 42.7 Å². The van der Waals surface area contributed by atoms with Gasteiger partial charge in [-0.3, -0.25) is 4.79 Å². The molecular weight excluding hydrogens is 482 g/mol. The fraction of sp³-hybridized carbons (Fsp3) is 0.174. The van der Waals surface area contributed by atoms with Crippen LogP contribution in [0.25, 0.3) is 5.57 Å². The number of halogens is 2. The number of carbonyl (C=O) groups is 1. The van der Waals surface area contributed by atoms with Crippen LogP contribution >= 0.6 is 31.9 Å². The molecule has 0 atom stereocenters. The zero-order valence-electron chi connectivity index (χ0n) is 16.1. The molecule has 0 unspecified atom stereocenters. The van der Waals surface area contributed by atoms with Gasteiger partial charge in [-0.25, -0.2) is 4.99 Å². The van der Waals surface area contributed by atoms with Crippen LogP contribution in [0.3, 0.4) is 0 Å². The molecule has 2 aromatic carbocycles. The molecule has 0 saturated carbocycles. The Morgan fingerprint density at radius 3 is 2.11 bits per heavy atom. The first-order valence-corrected chi connectivity index (χ1v) is 10.3. The Hall–Kier alpha value is -2.20. The third-order valence-electron chi connectivity index (χ3n) is 4.41. The number of nitrogens with zero attached hydrogens (tertiary/aromatic N) is 1. The normalized spacial score (nSPS) is 10.5. The van der Waals surface area contributed by atoms with Crippen LogP contribution in [0.15, 0.2) is 60.8 Å². The van der Waals surface area contributed by atoms with Crippen molar-refractivity contribution in [1.29, 1.82) is 0 Å². The van der Waals surface area contributed by atoms with Crippen molar-refractivity contribution in [2.75, 3.05) is 0 Å². The zero-order valence-corrected chi connectivity index (χ0v) is 19.2. The van der Waals surface area contributed by atoms with Gasteiger partial charge in [0, 0.05) is 8.95 Å². The predicted octanol–water partition coefficient (Wildman–Crippen LogP) is 7.37. The van der Waals surface area contributed by atoms with E-state index in [1.165, 1.54) is 6.92 Å². The summed E-state index contributed by atoms with van der Waals surface area (Å²) in [6, 6.07) is 13.7. The van der Waals surface area contributed by atoms with E-state index in [1.54, 1.807) is 13.0 Å². The molecule has 0 fully saturated rings. The highest BCUT2D eigenvalue weighted by Gasteiger charge is 2.16. The third kappa shape index (κ3) is 4.44. The van der Waals surface area contributed by atoms with Crippen LogP contribution in [0.2, 0.25) is 0 Å². The number of benzene rings is 2. The largest absolute Gasteiger partial charge is 0.460 e. The number of rotatable bonds is 4. The molecule has 1 aromatic heterocycles. The fourth-order valence-electron chi connectivity index (χ4n) is 3.02. The molecule has 28 heavy (non-hydrogen) atoms. The van der Waals surface area contributed by atoms with Gasteiger partial charge >= 0.3 is 0 Å². The predicted molar refractivity (Wildman–Crippen MR) is 121 cm³/mol. The van der Waals surface area contributed by atoms with Crippen molar-refractivity contribution in [1.82, 2.24) is 0 Å². The number of aryl methyl sites for hydroxylation is 3. The first-order valence-electron chi connectivity index (χ1n) is 8.74. The first kappa shape index (κ1) is 20.5.